The van der Waals surface area contributed by atoms with Gasteiger partial charge in [-0.25, -0.2) is 4.39 Å². The molecule has 1 aliphatic carbocycles. The van der Waals surface area contributed by atoms with Crippen molar-refractivity contribution in [2.45, 2.75) is 51.6 Å². The summed E-state index contributed by atoms with van der Waals surface area (Å²) in [5, 5.41) is 13.5. The van der Waals surface area contributed by atoms with Crippen LogP contribution in [0.4, 0.5) is 4.39 Å². The number of aliphatic hydroxyl groups excluding tert-OH is 1. The van der Waals surface area contributed by atoms with Gasteiger partial charge in [0.2, 0.25) is 5.91 Å². The van der Waals surface area contributed by atoms with Crippen molar-refractivity contribution in [1.29, 1.82) is 0 Å². The minimum absolute atomic E-state index is 0.0920. The van der Waals surface area contributed by atoms with E-state index in [9.17, 15) is 19.1 Å². The second-order valence-electron chi connectivity index (χ2n) is 8.23. The molecule has 0 aromatic heterocycles. The first-order chi connectivity index (χ1) is 14.9. The summed E-state index contributed by atoms with van der Waals surface area (Å²) in [5.41, 5.74) is 1.02. The van der Waals surface area contributed by atoms with E-state index in [4.69, 9.17) is 4.74 Å². The maximum atomic E-state index is 13.2. The Labute approximate surface area is 182 Å². The highest BCUT2D eigenvalue weighted by atomic mass is 19.1. The van der Waals surface area contributed by atoms with E-state index in [0.29, 0.717) is 37.3 Å². The molecule has 2 aromatic rings. The summed E-state index contributed by atoms with van der Waals surface area (Å²) >= 11 is 0. The number of amides is 1. The first kappa shape index (κ1) is 22.9. The summed E-state index contributed by atoms with van der Waals surface area (Å²) in [4.78, 5) is 24.8. The minimum Gasteiger partial charge on any atom is -0.494 e. The lowest BCUT2D eigenvalue weighted by atomic mass is 9.78. The number of aliphatic hydroxyl groups is 1. The number of carbonyl (C=O) groups excluding carboxylic acids is 2. The molecule has 1 saturated carbocycles. The molecule has 0 aliphatic heterocycles. The zero-order chi connectivity index (χ0) is 22.3. The molecule has 0 spiro atoms. The van der Waals surface area contributed by atoms with Gasteiger partial charge in [0.15, 0.2) is 5.78 Å². The van der Waals surface area contributed by atoms with Crippen LogP contribution in [0.2, 0.25) is 0 Å². The lowest BCUT2D eigenvalue weighted by molar-refractivity contribution is -0.121. The highest BCUT2D eigenvalue weighted by Crippen LogP contribution is 2.41. The number of Topliss-reactive ketones (excluding diaryl/α,β-unsaturated/α-hetero) is 1. The highest BCUT2D eigenvalue weighted by Gasteiger charge is 2.42. The van der Waals surface area contributed by atoms with E-state index in [2.05, 4.69) is 5.32 Å². The lowest BCUT2D eigenvalue weighted by Crippen LogP contribution is -2.44. The van der Waals surface area contributed by atoms with Crippen LogP contribution in [0.1, 0.15) is 54.9 Å². The Kier molecular flexibility index (Phi) is 7.80. The molecule has 31 heavy (non-hydrogen) atoms. The largest absolute Gasteiger partial charge is 0.494 e. The first-order valence-corrected chi connectivity index (χ1v) is 10.9. The van der Waals surface area contributed by atoms with E-state index >= 15 is 0 Å². The number of ether oxygens (including phenoxy) is 1. The normalized spacial score (nSPS) is 20.4. The standard InChI is InChI=1S/C25H30FNO4/c1-2-31-21-11-7-19(8-12-21)22(28)13-14-24(30)27-17-25(15-3-4-23(25)29)16-18-5-9-20(26)10-6-18/h5-12,23,29H,2-4,13-17H2,1H3,(H,27,30)/t23-,25+/m1/s1. The van der Waals surface area contributed by atoms with Crippen molar-refractivity contribution in [3.8, 4) is 5.75 Å². The second kappa shape index (κ2) is 10.5. The summed E-state index contributed by atoms with van der Waals surface area (Å²) < 4.78 is 18.6. The number of rotatable bonds is 10. The van der Waals surface area contributed by atoms with Gasteiger partial charge >= 0.3 is 0 Å². The monoisotopic (exact) mass is 427 g/mol. The number of halogens is 1. The van der Waals surface area contributed by atoms with Crippen LogP contribution in [0.25, 0.3) is 0 Å². The molecule has 0 radical (unpaired) electrons. The quantitative estimate of drug-likeness (QED) is 0.561. The number of carbonyl (C=O) groups is 2. The van der Waals surface area contributed by atoms with Gasteiger partial charge in [-0.3, -0.25) is 9.59 Å². The fraction of sp³-hybridized carbons (Fsp3) is 0.440. The van der Waals surface area contributed by atoms with Crippen molar-refractivity contribution in [1.82, 2.24) is 5.32 Å². The Bertz CT molecular complexity index is 881. The van der Waals surface area contributed by atoms with Gasteiger partial charge in [-0.2, -0.15) is 0 Å². The van der Waals surface area contributed by atoms with Crippen LogP contribution in [-0.2, 0) is 11.2 Å². The van der Waals surface area contributed by atoms with E-state index in [1.165, 1.54) is 12.1 Å². The zero-order valence-electron chi connectivity index (χ0n) is 17.9. The number of ketones is 1. The average molecular weight is 428 g/mol. The third-order valence-corrected chi connectivity index (χ3v) is 6.03. The van der Waals surface area contributed by atoms with E-state index in [0.717, 1.165) is 18.4 Å². The smallest absolute Gasteiger partial charge is 0.220 e. The van der Waals surface area contributed by atoms with Crippen molar-refractivity contribution in [3.63, 3.8) is 0 Å². The molecule has 0 bridgehead atoms. The van der Waals surface area contributed by atoms with Gasteiger partial charge in [0.05, 0.1) is 12.7 Å². The molecule has 0 unspecified atom stereocenters. The summed E-state index contributed by atoms with van der Waals surface area (Å²) in [7, 11) is 0. The third-order valence-electron chi connectivity index (χ3n) is 6.03. The molecule has 1 aliphatic rings. The molecule has 3 rings (SSSR count). The maximum absolute atomic E-state index is 13.2. The van der Waals surface area contributed by atoms with E-state index in [-0.39, 0.29) is 30.3 Å². The molecule has 5 nitrogen and oxygen atoms in total. The lowest BCUT2D eigenvalue weighted by Gasteiger charge is -2.33. The Morgan fingerprint density at radius 3 is 2.45 bits per heavy atom. The van der Waals surface area contributed by atoms with Gasteiger partial charge in [0, 0.05) is 30.4 Å². The van der Waals surface area contributed by atoms with Gasteiger partial charge in [0.1, 0.15) is 11.6 Å². The molecule has 2 aromatic carbocycles. The summed E-state index contributed by atoms with van der Waals surface area (Å²) in [6.07, 6.45) is 2.61. The fourth-order valence-electron chi connectivity index (χ4n) is 4.24. The van der Waals surface area contributed by atoms with Crippen LogP contribution < -0.4 is 10.1 Å². The Balaban J connectivity index is 1.52. The Morgan fingerprint density at radius 2 is 1.84 bits per heavy atom. The van der Waals surface area contributed by atoms with Crippen molar-refractivity contribution >= 4 is 11.7 Å². The SMILES string of the molecule is CCOc1ccc(C(=O)CCC(=O)NC[C@@]2(Cc3ccc(F)cc3)CCC[C@H]2O)cc1. The highest BCUT2D eigenvalue weighted by molar-refractivity contribution is 5.98. The Morgan fingerprint density at radius 1 is 1.13 bits per heavy atom. The van der Waals surface area contributed by atoms with Crippen LogP contribution in [0.5, 0.6) is 5.75 Å². The van der Waals surface area contributed by atoms with Gasteiger partial charge in [-0.15, -0.1) is 0 Å². The molecular weight excluding hydrogens is 397 g/mol. The van der Waals surface area contributed by atoms with Gasteiger partial charge in [-0.05, 0) is 68.1 Å². The molecule has 0 heterocycles. The van der Waals surface area contributed by atoms with Crippen molar-refractivity contribution in [2.75, 3.05) is 13.2 Å². The van der Waals surface area contributed by atoms with E-state index in [1.54, 1.807) is 36.4 Å². The molecule has 166 valence electrons. The number of nitrogens with one attached hydrogen (secondary N) is 1. The Hall–Kier alpha value is -2.73. The van der Waals surface area contributed by atoms with Crippen LogP contribution in [0.15, 0.2) is 48.5 Å². The van der Waals surface area contributed by atoms with E-state index < -0.39 is 11.5 Å². The third kappa shape index (κ3) is 6.14. The second-order valence-corrected chi connectivity index (χ2v) is 8.23. The van der Waals surface area contributed by atoms with Gasteiger partial charge in [-0.1, -0.05) is 18.6 Å². The minimum atomic E-state index is -0.525. The molecule has 0 saturated heterocycles. The predicted molar refractivity (Wildman–Crippen MR) is 117 cm³/mol. The molecule has 2 atom stereocenters. The maximum Gasteiger partial charge on any atom is 0.220 e. The molecular formula is C25H30FNO4. The number of hydrogen-bond acceptors (Lipinski definition) is 4. The van der Waals surface area contributed by atoms with Crippen molar-refractivity contribution < 1.29 is 23.8 Å². The van der Waals surface area contributed by atoms with Crippen molar-refractivity contribution in [3.05, 3.63) is 65.5 Å². The molecule has 1 fully saturated rings. The van der Waals surface area contributed by atoms with Crippen LogP contribution >= 0.6 is 0 Å². The first-order valence-electron chi connectivity index (χ1n) is 10.9. The zero-order valence-corrected chi connectivity index (χ0v) is 17.9. The molecule has 6 heteroatoms. The van der Waals surface area contributed by atoms with E-state index in [1.807, 2.05) is 6.92 Å². The molecule has 1 amide bonds. The number of benzene rings is 2. The van der Waals surface area contributed by atoms with Gasteiger partial charge < -0.3 is 15.2 Å². The summed E-state index contributed by atoms with van der Waals surface area (Å²) in [6.45, 7) is 2.79. The number of hydrogen-bond donors (Lipinski definition) is 2. The van der Waals surface area contributed by atoms with Crippen LogP contribution in [0.3, 0.4) is 0 Å². The topological polar surface area (TPSA) is 75.6 Å². The fourth-order valence-corrected chi connectivity index (χ4v) is 4.24. The van der Waals surface area contributed by atoms with Crippen molar-refractivity contribution in [2.24, 2.45) is 5.41 Å². The average Bonchev–Trinajstić information content (AvgIpc) is 3.13. The van der Waals surface area contributed by atoms with Crippen LogP contribution in [-0.4, -0.2) is 36.1 Å². The predicted octanol–water partition coefficient (Wildman–Crippen LogP) is 4.08. The summed E-state index contributed by atoms with van der Waals surface area (Å²) in [5.74, 6) is 0.102. The summed E-state index contributed by atoms with van der Waals surface area (Å²) in [6, 6.07) is 13.2. The van der Waals surface area contributed by atoms with Crippen LogP contribution in [0, 0.1) is 11.2 Å². The van der Waals surface area contributed by atoms with Gasteiger partial charge in [0.25, 0.3) is 0 Å². The molecule has 2 N–H and O–H groups in total.